The molecule has 5 heteroatoms. The second-order valence-corrected chi connectivity index (χ2v) is 3.14. The van der Waals surface area contributed by atoms with Crippen LogP contribution in [0.4, 0.5) is 0 Å². The van der Waals surface area contributed by atoms with Crippen LogP contribution in [0.5, 0.6) is 0 Å². The van der Waals surface area contributed by atoms with E-state index in [4.69, 9.17) is 5.11 Å². The SMILES string of the molecule is CCNC(=O)C1CCC(O)C1O.Cl. The fourth-order valence-corrected chi connectivity index (χ4v) is 1.55. The van der Waals surface area contributed by atoms with Crippen molar-refractivity contribution in [3.05, 3.63) is 0 Å². The summed E-state index contributed by atoms with van der Waals surface area (Å²) in [5, 5.41) is 21.1. The van der Waals surface area contributed by atoms with Crippen LogP contribution in [0.15, 0.2) is 0 Å². The maximum atomic E-state index is 11.2. The van der Waals surface area contributed by atoms with Crippen molar-refractivity contribution in [2.45, 2.75) is 32.0 Å². The standard InChI is InChI=1S/C8H15NO3.ClH/c1-2-9-8(12)5-3-4-6(10)7(5)11;/h5-7,10-11H,2-4H2,1H3,(H,9,12);1H. The van der Waals surface area contributed by atoms with Crippen LogP contribution in [-0.4, -0.2) is 34.9 Å². The van der Waals surface area contributed by atoms with Crippen LogP contribution in [0.1, 0.15) is 19.8 Å². The molecule has 0 radical (unpaired) electrons. The minimum Gasteiger partial charge on any atom is -0.390 e. The highest BCUT2D eigenvalue weighted by molar-refractivity contribution is 5.85. The van der Waals surface area contributed by atoms with Crippen LogP contribution >= 0.6 is 12.4 Å². The van der Waals surface area contributed by atoms with E-state index in [9.17, 15) is 9.90 Å². The summed E-state index contributed by atoms with van der Waals surface area (Å²) in [7, 11) is 0. The molecule has 0 saturated heterocycles. The Morgan fingerprint density at radius 3 is 2.46 bits per heavy atom. The van der Waals surface area contributed by atoms with E-state index >= 15 is 0 Å². The monoisotopic (exact) mass is 209 g/mol. The molecule has 1 fully saturated rings. The van der Waals surface area contributed by atoms with Crippen molar-refractivity contribution in [3.8, 4) is 0 Å². The molecule has 78 valence electrons. The predicted molar refractivity (Wildman–Crippen MR) is 50.7 cm³/mol. The molecule has 3 N–H and O–H groups in total. The van der Waals surface area contributed by atoms with Crippen molar-refractivity contribution >= 4 is 18.3 Å². The Bertz CT molecular complexity index is 177. The van der Waals surface area contributed by atoms with E-state index in [-0.39, 0.29) is 18.3 Å². The van der Waals surface area contributed by atoms with Crippen LogP contribution in [0.2, 0.25) is 0 Å². The summed E-state index contributed by atoms with van der Waals surface area (Å²) < 4.78 is 0. The van der Waals surface area contributed by atoms with Gasteiger partial charge in [0.25, 0.3) is 0 Å². The first-order valence-corrected chi connectivity index (χ1v) is 4.30. The third kappa shape index (κ3) is 2.83. The van der Waals surface area contributed by atoms with E-state index < -0.39 is 18.1 Å². The van der Waals surface area contributed by atoms with Crippen molar-refractivity contribution < 1.29 is 15.0 Å². The summed E-state index contributed by atoms with van der Waals surface area (Å²) in [6, 6.07) is 0. The van der Waals surface area contributed by atoms with Crippen molar-refractivity contribution in [3.63, 3.8) is 0 Å². The highest BCUT2D eigenvalue weighted by Gasteiger charge is 2.37. The van der Waals surface area contributed by atoms with E-state index in [2.05, 4.69) is 5.32 Å². The molecule has 3 unspecified atom stereocenters. The Morgan fingerprint density at radius 1 is 1.46 bits per heavy atom. The fourth-order valence-electron chi connectivity index (χ4n) is 1.55. The first-order chi connectivity index (χ1) is 5.66. The van der Waals surface area contributed by atoms with Gasteiger partial charge in [-0.1, -0.05) is 0 Å². The van der Waals surface area contributed by atoms with Gasteiger partial charge in [0.05, 0.1) is 18.1 Å². The van der Waals surface area contributed by atoms with E-state index in [1.165, 1.54) is 0 Å². The van der Waals surface area contributed by atoms with Gasteiger partial charge in [-0.25, -0.2) is 0 Å². The highest BCUT2D eigenvalue weighted by Crippen LogP contribution is 2.25. The van der Waals surface area contributed by atoms with Crippen LogP contribution in [0.3, 0.4) is 0 Å². The van der Waals surface area contributed by atoms with Gasteiger partial charge >= 0.3 is 0 Å². The van der Waals surface area contributed by atoms with Crippen LogP contribution in [-0.2, 0) is 4.79 Å². The molecule has 0 aromatic heterocycles. The first-order valence-electron chi connectivity index (χ1n) is 4.30. The van der Waals surface area contributed by atoms with Crippen molar-refractivity contribution in [2.24, 2.45) is 5.92 Å². The second kappa shape index (κ2) is 5.42. The molecule has 0 aliphatic heterocycles. The van der Waals surface area contributed by atoms with Gasteiger partial charge in [0, 0.05) is 6.54 Å². The largest absolute Gasteiger partial charge is 0.390 e. The number of rotatable bonds is 2. The summed E-state index contributed by atoms with van der Waals surface area (Å²) in [5.41, 5.74) is 0. The molecule has 0 bridgehead atoms. The number of aliphatic hydroxyl groups excluding tert-OH is 2. The molecule has 1 saturated carbocycles. The van der Waals surface area contributed by atoms with E-state index in [0.717, 1.165) is 0 Å². The minimum absolute atomic E-state index is 0. The van der Waals surface area contributed by atoms with Gasteiger partial charge in [0.1, 0.15) is 0 Å². The Balaban J connectivity index is 0.00000144. The first kappa shape index (κ1) is 12.7. The zero-order valence-corrected chi connectivity index (χ0v) is 8.38. The summed E-state index contributed by atoms with van der Waals surface area (Å²) in [6.07, 6.45) is -0.508. The van der Waals surface area contributed by atoms with E-state index in [1.807, 2.05) is 6.92 Å². The van der Waals surface area contributed by atoms with Crippen molar-refractivity contribution in [1.82, 2.24) is 5.32 Å². The van der Waals surface area contributed by atoms with Crippen molar-refractivity contribution in [2.75, 3.05) is 6.54 Å². The van der Waals surface area contributed by atoms with E-state index in [1.54, 1.807) is 0 Å². The molecule has 0 aromatic rings. The molecular weight excluding hydrogens is 194 g/mol. The van der Waals surface area contributed by atoms with E-state index in [0.29, 0.717) is 19.4 Å². The maximum Gasteiger partial charge on any atom is 0.225 e. The predicted octanol–water partition coefficient (Wildman–Crippen LogP) is -0.324. The van der Waals surface area contributed by atoms with Gasteiger partial charge in [-0.3, -0.25) is 4.79 Å². The summed E-state index contributed by atoms with van der Waals surface area (Å²) in [4.78, 5) is 11.2. The minimum atomic E-state index is -0.878. The van der Waals surface area contributed by atoms with Gasteiger partial charge < -0.3 is 15.5 Å². The lowest BCUT2D eigenvalue weighted by atomic mass is 10.1. The Labute approximate surface area is 83.7 Å². The molecule has 3 atom stereocenters. The molecule has 1 aliphatic rings. The molecule has 1 rings (SSSR count). The Morgan fingerprint density at radius 2 is 2.08 bits per heavy atom. The zero-order valence-electron chi connectivity index (χ0n) is 7.56. The normalized spacial score (nSPS) is 32.4. The molecule has 0 heterocycles. The molecule has 0 spiro atoms. The topological polar surface area (TPSA) is 69.6 Å². The number of carbonyl (C=O) groups excluding carboxylic acids is 1. The smallest absolute Gasteiger partial charge is 0.225 e. The van der Waals surface area contributed by atoms with Gasteiger partial charge in [0.15, 0.2) is 0 Å². The molecule has 4 nitrogen and oxygen atoms in total. The van der Waals surface area contributed by atoms with Crippen LogP contribution in [0.25, 0.3) is 0 Å². The van der Waals surface area contributed by atoms with Gasteiger partial charge in [-0.2, -0.15) is 0 Å². The Hall–Kier alpha value is -0.320. The molecule has 0 aromatic carbocycles. The third-order valence-electron chi connectivity index (χ3n) is 2.27. The van der Waals surface area contributed by atoms with Gasteiger partial charge in [0.2, 0.25) is 5.91 Å². The van der Waals surface area contributed by atoms with Crippen LogP contribution < -0.4 is 5.32 Å². The summed E-state index contributed by atoms with van der Waals surface area (Å²) in [5.74, 6) is -0.568. The summed E-state index contributed by atoms with van der Waals surface area (Å²) in [6.45, 7) is 2.40. The van der Waals surface area contributed by atoms with Gasteiger partial charge in [-0.15, -0.1) is 12.4 Å². The molecule has 13 heavy (non-hydrogen) atoms. The number of hydrogen-bond acceptors (Lipinski definition) is 3. The average molecular weight is 210 g/mol. The number of aliphatic hydroxyl groups is 2. The fraction of sp³-hybridized carbons (Fsp3) is 0.875. The second-order valence-electron chi connectivity index (χ2n) is 3.14. The Kier molecular flexibility index (Phi) is 5.29. The van der Waals surface area contributed by atoms with Gasteiger partial charge in [-0.05, 0) is 19.8 Å². The highest BCUT2D eigenvalue weighted by atomic mass is 35.5. The number of halogens is 1. The van der Waals surface area contributed by atoms with Crippen LogP contribution in [0, 0.1) is 5.92 Å². The zero-order chi connectivity index (χ0) is 9.14. The lowest BCUT2D eigenvalue weighted by Gasteiger charge is -2.15. The third-order valence-corrected chi connectivity index (χ3v) is 2.27. The molecular formula is C8H16ClNO3. The average Bonchev–Trinajstić information content (AvgIpc) is 2.34. The lowest BCUT2D eigenvalue weighted by molar-refractivity contribution is -0.128. The van der Waals surface area contributed by atoms with Crippen molar-refractivity contribution in [1.29, 1.82) is 0 Å². The maximum absolute atomic E-state index is 11.2. The molecule has 1 aliphatic carbocycles. The molecule has 1 amide bonds. The number of hydrogen-bond donors (Lipinski definition) is 3. The number of amides is 1. The summed E-state index contributed by atoms with van der Waals surface area (Å²) >= 11 is 0. The quantitative estimate of drug-likeness (QED) is 0.584. The number of nitrogens with one attached hydrogen (secondary N) is 1. The number of carbonyl (C=O) groups is 1. The lowest BCUT2D eigenvalue weighted by Crippen LogP contribution is -2.37.